The van der Waals surface area contributed by atoms with E-state index in [4.69, 9.17) is 10.8 Å². The highest BCUT2D eigenvalue weighted by Crippen LogP contribution is 2.21. The zero-order valence-electron chi connectivity index (χ0n) is 9.80. The molecule has 0 bridgehead atoms. The second-order valence-electron chi connectivity index (χ2n) is 3.81. The van der Waals surface area contributed by atoms with Crippen molar-refractivity contribution >= 4 is 28.7 Å². The molecular weight excluding hydrogens is 250 g/mol. The van der Waals surface area contributed by atoms with E-state index < -0.39 is 5.97 Å². The van der Waals surface area contributed by atoms with Gasteiger partial charge in [0.2, 0.25) is 0 Å². The lowest BCUT2D eigenvalue weighted by Gasteiger charge is -2.09. The van der Waals surface area contributed by atoms with Gasteiger partial charge in [-0.2, -0.15) is 0 Å². The maximum Gasteiger partial charge on any atom is 0.337 e. The van der Waals surface area contributed by atoms with Gasteiger partial charge in [-0.1, -0.05) is 0 Å². The molecule has 0 atom stereocenters. The van der Waals surface area contributed by atoms with Crippen LogP contribution >= 0.6 is 11.3 Å². The van der Waals surface area contributed by atoms with Gasteiger partial charge in [-0.25, -0.2) is 9.78 Å². The summed E-state index contributed by atoms with van der Waals surface area (Å²) in [6, 6.07) is 4.70. The molecule has 18 heavy (non-hydrogen) atoms. The smallest absolute Gasteiger partial charge is 0.337 e. The van der Waals surface area contributed by atoms with E-state index in [0.717, 1.165) is 9.88 Å². The Bertz CT molecular complexity index is 580. The quantitative estimate of drug-likeness (QED) is 0.737. The summed E-state index contributed by atoms with van der Waals surface area (Å²) in [5.74, 6) is -0.974. The van der Waals surface area contributed by atoms with Crippen LogP contribution in [-0.4, -0.2) is 16.1 Å². The van der Waals surface area contributed by atoms with E-state index >= 15 is 0 Å². The number of carbonyl (C=O) groups is 1. The summed E-state index contributed by atoms with van der Waals surface area (Å²) in [5.41, 5.74) is 6.92. The minimum Gasteiger partial charge on any atom is -0.478 e. The van der Waals surface area contributed by atoms with Crippen LogP contribution in [0.25, 0.3) is 0 Å². The second-order valence-corrected chi connectivity index (χ2v) is 5.13. The fourth-order valence-corrected chi connectivity index (χ4v) is 2.30. The Morgan fingerprint density at radius 2 is 2.33 bits per heavy atom. The summed E-state index contributed by atoms with van der Waals surface area (Å²) >= 11 is 1.57. The van der Waals surface area contributed by atoms with Crippen LogP contribution in [0.4, 0.5) is 11.4 Å². The topological polar surface area (TPSA) is 88.2 Å². The fraction of sp³-hybridized carbons (Fsp3) is 0.167. The standard InChI is InChI=1S/C12H13N3O2S/c1-7-14-5-9(18-7)6-15-11-4-8(13)2-3-10(11)12(16)17/h2-5,15H,6,13H2,1H3,(H,16,17). The molecule has 0 unspecified atom stereocenters. The normalized spacial score (nSPS) is 10.3. The summed E-state index contributed by atoms with van der Waals surface area (Å²) in [7, 11) is 0. The van der Waals surface area contributed by atoms with Crippen LogP contribution < -0.4 is 11.1 Å². The zero-order chi connectivity index (χ0) is 13.1. The number of aryl methyl sites for hydroxylation is 1. The third-order valence-electron chi connectivity index (χ3n) is 2.40. The van der Waals surface area contributed by atoms with Crippen molar-refractivity contribution in [1.29, 1.82) is 0 Å². The van der Waals surface area contributed by atoms with Crippen LogP contribution in [0.15, 0.2) is 24.4 Å². The van der Waals surface area contributed by atoms with E-state index in [-0.39, 0.29) is 5.56 Å². The molecule has 1 heterocycles. The van der Waals surface area contributed by atoms with Crippen molar-refractivity contribution in [3.05, 3.63) is 39.8 Å². The maximum atomic E-state index is 11.1. The van der Waals surface area contributed by atoms with Crippen LogP contribution in [-0.2, 0) is 6.54 Å². The molecule has 2 aromatic rings. The molecule has 1 aromatic heterocycles. The number of carboxylic acids is 1. The first-order valence-electron chi connectivity index (χ1n) is 5.34. The summed E-state index contributed by atoms with van der Waals surface area (Å²) < 4.78 is 0. The Balaban J connectivity index is 2.17. The SMILES string of the molecule is Cc1ncc(CNc2cc(N)ccc2C(=O)O)s1. The molecule has 0 fully saturated rings. The average molecular weight is 263 g/mol. The molecule has 1 aromatic carbocycles. The van der Waals surface area contributed by atoms with Crippen LogP contribution in [0.2, 0.25) is 0 Å². The molecule has 6 heteroatoms. The van der Waals surface area contributed by atoms with Gasteiger partial charge in [-0.05, 0) is 25.1 Å². The number of carboxylic acid groups (broad SMARTS) is 1. The number of anilines is 2. The van der Waals surface area contributed by atoms with Gasteiger partial charge in [-0.15, -0.1) is 11.3 Å². The van der Waals surface area contributed by atoms with Crippen molar-refractivity contribution in [1.82, 2.24) is 4.98 Å². The lowest BCUT2D eigenvalue weighted by atomic mass is 10.1. The van der Waals surface area contributed by atoms with E-state index in [0.29, 0.717) is 17.9 Å². The minimum absolute atomic E-state index is 0.213. The summed E-state index contributed by atoms with van der Waals surface area (Å²) in [6.07, 6.45) is 1.78. The number of nitrogens with zero attached hydrogens (tertiary/aromatic N) is 1. The van der Waals surface area contributed by atoms with E-state index in [1.54, 1.807) is 29.7 Å². The second kappa shape index (κ2) is 5.05. The monoisotopic (exact) mass is 263 g/mol. The molecule has 0 saturated carbocycles. The minimum atomic E-state index is -0.974. The van der Waals surface area contributed by atoms with Gasteiger partial charge >= 0.3 is 5.97 Å². The van der Waals surface area contributed by atoms with E-state index in [1.807, 2.05) is 6.92 Å². The zero-order valence-corrected chi connectivity index (χ0v) is 10.6. The first-order valence-corrected chi connectivity index (χ1v) is 6.16. The number of aromatic carboxylic acids is 1. The lowest BCUT2D eigenvalue weighted by Crippen LogP contribution is -2.06. The van der Waals surface area contributed by atoms with E-state index in [2.05, 4.69) is 10.3 Å². The maximum absolute atomic E-state index is 11.1. The lowest BCUT2D eigenvalue weighted by molar-refractivity contribution is 0.0698. The molecular formula is C12H13N3O2S. The van der Waals surface area contributed by atoms with Gasteiger partial charge in [0.25, 0.3) is 0 Å². The third-order valence-corrected chi connectivity index (χ3v) is 3.31. The van der Waals surface area contributed by atoms with Crippen molar-refractivity contribution in [2.24, 2.45) is 0 Å². The molecule has 0 radical (unpaired) electrons. The first kappa shape index (κ1) is 12.4. The number of hydrogen-bond acceptors (Lipinski definition) is 5. The number of aromatic nitrogens is 1. The summed E-state index contributed by atoms with van der Waals surface area (Å²) in [6.45, 7) is 2.46. The van der Waals surface area contributed by atoms with Gasteiger partial charge in [0.15, 0.2) is 0 Å². The molecule has 4 N–H and O–H groups in total. The summed E-state index contributed by atoms with van der Waals surface area (Å²) in [4.78, 5) is 16.2. The number of thiazole rings is 1. The Morgan fingerprint density at radius 1 is 1.56 bits per heavy atom. The number of benzene rings is 1. The molecule has 5 nitrogen and oxygen atoms in total. The van der Waals surface area contributed by atoms with Gasteiger partial charge in [-0.3, -0.25) is 0 Å². The largest absolute Gasteiger partial charge is 0.478 e. The number of rotatable bonds is 4. The summed E-state index contributed by atoms with van der Waals surface area (Å²) in [5, 5.41) is 13.1. The molecule has 2 rings (SSSR count). The van der Waals surface area contributed by atoms with Crippen LogP contribution in [0.3, 0.4) is 0 Å². The number of hydrogen-bond donors (Lipinski definition) is 3. The molecule has 0 spiro atoms. The van der Waals surface area contributed by atoms with E-state index in [9.17, 15) is 4.79 Å². The van der Waals surface area contributed by atoms with Crippen LogP contribution in [0.5, 0.6) is 0 Å². The Hall–Kier alpha value is -2.08. The third kappa shape index (κ3) is 2.78. The highest BCUT2D eigenvalue weighted by Gasteiger charge is 2.10. The molecule has 94 valence electrons. The van der Waals surface area contributed by atoms with Gasteiger partial charge < -0.3 is 16.2 Å². The Morgan fingerprint density at radius 3 is 2.94 bits per heavy atom. The predicted octanol–water partition coefficient (Wildman–Crippen LogP) is 2.34. The van der Waals surface area contributed by atoms with Crippen molar-refractivity contribution in [2.45, 2.75) is 13.5 Å². The highest BCUT2D eigenvalue weighted by atomic mass is 32.1. The van der Waals surface area contributed by atoms with Gasteiger partial charge in [0.05, 0.1) is 22.8 Å². The van der Waals surface area contributed by atoms with Gasteiger partial charge in [0.1, 0.15) is 0 Å². The van der Waals surface area contributed by atoms with Gasteiger partial charge in [0, 0.05) is 16.8 Å². The van der Waals surface area contributed by atoms with Crippen molar-refractivity contribution in [3.8, 4) is 0 Å². The fourth-order valence-electron chi connectivity index (χ4n) is 1.56. The molecule has 0 saturated heterocycles. The Kier molecular flexibility index (Phi) is 3.47. The molecule has 0 amide bonds. The number of nitrogens with one attached hydrogen (secondary N) is 1. The van der Waals surface area contributed by atoms with Crippen molar-refractivity contribution in [3.63, 3.8) is 0 Å². The first-order chi connectivity index (χ1) is 8.56. The van der Waals surface area contributed by atoms with E-state index in [1.165, 1.54) is 6.07 Å². The Labute approximate surface area is 108 Å². The molecule has 0 aliphatic rings. The predicted molar refractivity (Wildman–Crippen MR) is 72.0 cm³/mol. The highest BCUT2D eigenvalue weighted by molar-refractivity contribution is 7.11. The number of nitrogens with two attached hydrogens (primary N) is 1. The van der Waals surface area contributed by atoms with Crippen LogP contribution in [0.1, 0.15) is 20.2 Å². The van der Waals surface area contributed by atoms with Crippen molar-refractivity contribution in [2.75, 3.05) is 11.1 Å². The average Bonchev–Trinajstić information content (AvgIpc) is 2.72. The molecule has 0 aliphatic heterocycles. The molecule has 0 aliphatic carbocycles. The number of nitrogen functional groups attached to an aromatic ring is 1. The van der Waals surface area contributed by atoms with Crippen LogP contribution in [0, 0.1) is 6.92 Å². The van der Waals surface area contributed by atoms with Crippen molar-refractivity contribution < 1.29 is 9.90 Å².